The fourth-order valence-corrected chi connectivity index (χ4v) is 2.62. The quantitative estimate of drug-likeness (QED) is 0.807. The average molecular weight is 282 g/mol. The molecule has 0 fully saturated rings. The molecule has 0 unspecified atom stereocenters. The number of aromatic nitrogens is 1. The Morgan fingerprint density at radius 1 is 1.33 bits per heavy atom. The van der Waals surface area contributed by atoms with Gasteiger partial charge < -0.3 is 9.64 Å². The first-order chi connectivity index (χ1) is 10.1. The first-order valence-electron chi connectivity index (χ1n) is 7.08. The zero-order valence-electron chi connectivity index (χ0n) is 12.2. The van der Waals surface area contributed by atoms with E-state index >= 15 is 0 Å². The van der Waals surface area contributed by atoms with Crippen molar-refractivity contribution in [1.82, 2.24) is 9.88 Å². The molecule has 1 aromatic heterocycles. The highest BCUT2D eigenvalue weighted by molar-refractivity contribution is 5.74. The Bertz CT molecular complexity index is 655. The molecule has 2 heterocycles. The number of fused-ring (bicyclic) bond motifs is 1. The molecular formula is C17H18N2O2. The summed E-state index contributed by atoms with van der Waals surface area (Å²) in [6, 6.07) is 10.1. The van der Waals surface area contributed by atoms with Crippen LogP contribution in [-0.4, -0.2) is 28.4 Å². The van der Waals surface area contributed by atoms with E-state index in [4.69, 9.17) is 4.74 Å². The number of hydrogen-bond donors (Lipinski definition) is 0. The summed E-state index contributed by atoms with van der Waals surface area (Å²) < 4.78 is 5.82. The van der Waals surface area contributed by atoms with Crippen LogP contribution < -0.4 is 4.74 Å². The van der Waals surface area contributed by atoms with Crippen molar-refractivity contribution in [1.29, 1.82) is 0 Å². The molecule has 1 amide bonds. The Balaban J connectivity index is 1.98. The summed E-state index contributed by atoms with van der Waals surface area (Å²) in [5.41, 5.74) is 3.19. The van der Waals surface area contributed by atoms with Gasteiger partial charge >= 0.3 is 0 Å². The van der Waals surface area contributed by atoms with Crippen molar-refractivity contribution in [3.8, 4) is 16.9 Å². The minimum absolute atomic E-state index is 0.0748. The molecule has 0 aliphatic carbocycles. The van der Waals surface area contributed by atoms with E-state index in [-0.39, 0.29) is 11.9 Å². The van der Waals surface area contributed by atoms with Gasteiger partial charge in [0.2, 0.25) is 5.91 Å². The standard InChI is InChI=1S/C17H18N2O2/c1-12-11-21-17-6-5-14(15-4-3-7-18-9-15)8-16(17)10-19(12)13(2)20/h3-9,12H,10-11H2,1-2H3/t12-/m0/s1. The maximum Gasteiger partial charge on any atom is 0.220 e. The molecule has 2 aromatic rings. The van der Waals surface area contributed by atoms with E-state index in [1.807, 2.05) is 42.3 Å². The number of amides is 1. The molecule has 1 aromatic carbocycles. The first kappa shape index (κ1) is 13.6. The lowest BCUT2D eigenvalue weighted by Crippen LogP contribution is -2.38. The Morgan fingerprint density at radius 3 is 2.90 bits per heavy atom. The van der Waals surface area contributed by atoms with E-state index in [1.165, 1.54) is 0 Å². The molecule has 1 aliphatic rings. The first-order valence-corrected chi connectivity index (χ1v) is 7.08. The smallest absolute Gasteiger partial charge is 0.220 e. The lowest BCUT2D eigenvalue weighted by molar-refractivity contribution is -0.131. The predicted molar refractivity (Wildman–Crippen MR) is 80.9 cm³/mol. The third-order valence-electron chi connectivity index (χ3n) is 3.81. The van der Waals surface area contributed by atoms with E-state index < -0.39 is 0 Å². The normalized spacial score (nSPS) is 17.6. The van der Waals surface area contributed by atoms with Gasteiger partial charge in [0, 0.05) is 37.0 Å². The number of nitrogens with zero attached hydrogens (tertiary/aromatic N) is 2. The number of rotatable bonds is 1. The van der Waals surface area contributed by atoms with E-state index in [1.54, 1.807) is 13.1 Å². The van der Waals surface area contributed by atoms with Gasteiger partial charge in [0.25, 0.3) is 0 Å². The highest BCUT2D eigenvalue weighted by Gasteiger charge is 2.23. The largest absolute Gasteiger partial charge is 0.491 e. The van der Waals surface area contributed by atoms with Crippen LogP contribution in [0.4, 0.5) is 0 Å². The second kappa shape index (κ2) is 5.56. The molecule has 21 heavy (non-hydrogen) atoms. The maximum atomic E-state index is 11.8. The van der Waals surface area contributed by atoms with Crippen LogP contribution in [0.15, 0.2) is 42.7 Å². The molecule has 0 N–H and O–H groups in total. The molecular weight excluding hydrogens is 264 g/mol. The molecule has 1 atom stereocenters. The van der Waals surface area contributed by atoms with Gasteiger partial charge in [-0.2, -0.15) is 0 Å². The average Bonchev–Trinajstić information content (AvgIpc) is 2.67. The van der Waals surface area contributed by atoms with Crippen molar-refractivity contribution in [2.24, 2.45) is 0 Å². The van der Waals surface area contributed by atoms with Crippen LogP contribution in [-0.2, 0) is 11.3 Å². The van der Waals surface area contributed by atoms with Crippen molar-refractivity contribution in [3.05, 3.63) is 48.3 Å². The number of benzene rings is 1. The number of pyridine rings is 1. The van der Waals surface area contributed by atoms with Crippen LogP contribution in [0.2, 0.25) is 0 Å². The third-order valence-corrected chi connectivity index (χ3v) is 3.81. The summed E-state index contributed by atoms with van der Waals surface area (Å²) in [6.07, 6.45) is 3.60. The number of hydrogen-bond acceptors (Lipinski definition) is 3. The molecule has 0 saturated carbocycles. The number of carbonyl (C=O) groups is 1. The summed E-state index contributed by atoms with van der Waals surface area (Å²) in [5, 5.41) is 0. The molecule has 108 valence electrons. The number of ether oxygens (including phenoxy) is 1. The van der Waals surface area contributed by atoms with Crippen molar-refractivity contribution in [3.63, 3.8) is 0 Å². The van der Waals surface area contributed by atoms with E-state index in [2.05, 4.69) is 11.1 Å². The van der Waals surface area contributed by atoms with Crippen LogP contribution in [0, 0.1) is 0 Å². The summed E-state index contributed by atoms with van der Waals surface area (Å²) in [5.74, 6) is 0.934. The van der Waals surface area contributed by atoms with E-state index in [0.29, 0.717) is 13.2 Å². The van der Waals surface area contributed by atoms with Gasteiger partial charge in [-0.05, 0) is 30.7 Å². The molecule has 3 rings (SSSR count). The SMILES string of the molecule is CC(=O)N1Cc2cc(-c3cccnc3)ccc2OC[C@@H]1C. The second-order valence-electron chi connectivity index (χ2n) is 5.37. The van der Waals surface area contributed by atoms with Crippen molar-refractivity contribution >= 4 is 5.91 Å². The van der Waals surface area contributed by atoms with E-state index in [0.717, 1.165) is 22.4 Å². The second-order valence-corrected chi connectivity index (χ2v) is 5.37. The molecule has 4 nitrogen and oxygen atoms in total. The Labute approximate surface area is 124 Å². The third kappa shape index (κ3) is 2.75. The van der Waals surface area contributed by atoms with Crippen LogP contribution in [0.25, 0.3) is 11.1 Å². The van der Waals surface area contributed by atoms with Gasteiger partial charge in [0.05, 0.1) is 6.04 Å². The molecule has 0 saturated heterocycles. The zero-order chi connectivity index (χ0) is 14.8. The van der Waals surface area contributed by atoms with Gasteiger partial charge in [-0.25, -0.2) is 0 Å². The van der Waals surface area contributed by atoms with Gasteiger partial charge in [-0.15, -0.1) is 0 Å². The van der Waals surface area contributed by atoms with E-state index in [9.17, 15) is 4.79 Å². The summed E-state index contributed by atoms with van der Waals surface area (Å²) >= 11 is 0. The molecule has 0 spiro atoms. The zero-order valence-corrected chi connectivity index (χ0v) is 12.2. The van der Waals surface area contributed by atoms with Crippen LogP contribution >= 0.6 is 0 Å². The van der Waals surface area contributed by atoms with Gasteiger partial charge in [0.1, 0.15) is 12.4 Å². The summed E-state index contributed by atoms with van der Waals surface area (Å²) in [6.45, 7) is 4.72. The molecule has 1 aliphatic heterocycles. The predicted octanol–water partition coefficient (Wildman–Crippen LogP) is 2.88. The summed E-state index contributed by atoms with van der Waals surface area (Å²) in [7, 11) is 0. The van der Waals surface area contributed by atoms with Crippen molar-refractivity contribution < 1.29 is 9.53 Å². The molecule has 0 radical (unpaired) electrons. The Kier molecular flexibility index (Phi) is 3.60. The Morgan fingerprint density at radius 2 is 2.19 bits per heavy atom. The maximum absolute atomic E-state index is 11.8. The van der Waals surface area contributed by atoms with Crippen LogP contribution in [0.1, 0.15) is 19.4 Å². The molecule has 4 heteroatoms. The highest BCUT2D eigenvalue weighted by Crippen LogP contribution is 2.30. The lowest BCUT2D eigenvalue weighted by atomic mass is 10.0. The number of carbonyl (C=O) groups excluding carboxylic acids is 1. The molecule has 0 bridgehead atoms. The minimum atomic E-state index is 0.0748. The monoisotopic (exact) mass is 282 g/mol. The van der Waals surface area contributed by atoms with Crippen LogP contribution in [0.3, 0.4) is 0 Å². The fourth-order valence-electron chi connectivity index (χ4n) is 2.62. The van der Waals surface area contributed by atoms with Crippen molar-refractivity contribution in [2.45, 2.75) is 26.4 Å². The minimum Gasteiger partial charge on any atom is -0.491 e. The fraction of sp³-hybridized carbons (Fsp3) is 0.294. The lowest BCUT2D eigenvalue weighted by Gasteiger charge is -2.24. The van der Waals surface area contributed by atoms with Gasteiger partial charge in [0.15, 0.2) is 0 Å². The van der Waals surface area contributed by atoms with Crippen LogP contribution in [0.5, 0.6) is 5.75 Å². The summed E-state index contributed by atoms with van der Waals surface area (Å²) in [4.78, 5) is 17.8. The Hall–Kier alpha value is -2.36. The highest BCUT2D eigenvalue weighted by atomic mass is 16.5. The topological polar surface area (TPSA) is 42.4 Å². The van der Waals surface area contributed by atoms with Gasteiger partial charge in [-0.3, -0.25) is 9.78 Å². The van der Waals surface area contributed by atoms with Crippen molar-refractivity contribution in [2.75, 3.05) is 6.61 Å². The van der Waals surface area contributed by atoms with Gasteiger partial charge in [-0.1, -0.05) is 12.1 Å².